The van der Waals surface area contributed by atoms with Gasteiger partial charge in [-0.3, -0.25) is 9.69 Å². The van der Waals surface area contributed by atoms with Crippen LogP contribution in [0.15, 0.2) is 30.3 Å². The Balaban J connectivity index is 1.92. The maximum absolute atomic E-state index is 11.7. The maximum Gasteiger partial charge on any atom is 0.310 e. The molecule has 0 N–H and O–H groups in total. The van der Waals surface area contributed by atoms with Crippen LogP contribution in [-0.2, 0) is 16.1 Å². The Kier molecular flexibility index (Phi) is 4.37. The van der Waals surface area contributed by atoms with E-state index in [0.717, 1.165) is 13.1 Å². The average Bonchev–Trinajstić information content (AvgIpc) is 2.72. The van der Waals surface area contributed by atoms with E-state index in [9.17, 15) is 4.79 Å². The van der Waals surface area contributed by atoms with Crippen molar-refractivity contribution in [2.75, 3.05) is 19.7 Å². The predicted molar refractivity (Wildman–Crippen MR) is 69.6 cm³/mol. The number of benzene rings is 1. The minimum Gasteiger partial charge on any atom is -0.466 e. The summed E-state index contributed by atoms with van der Waals surface area (Å²) in [5, 5.41) is 0. The van der Waals surface area contributed by atoms with Crippen LogP contribution in [0.5, 0.6) is 0 Å². The molecule has 2 radical (unpaired) electrons. The fraction of sp³-hybridized carbons (Fsp3) is 0.467. The number of rotatable bonds is 4. The van der Waals surface area contributed by atoms with Crippen molar-refractivity contribution in [1.82, 2.24) is 4.90 Å². The van der Waals surface area contributed by atoms with Crippen LogP contribution in [0.4, 0.5) is 0 Å². The van der Waals surface area contributed by atoms with Gasteiger partial charge in [0.2, 0.25) is 0 Å². The molecule has 0 bridgehead atoms. The third-order valence-electron chi connectivity index (χ3n) is 3.28. The summed E-state index contributed by atoms with van der Waals surface area (Å²) in [7, 11) is 0. The van der Waals surface area contributed by atoms with Crippen LogP contribution in [0.3, 0.4) is 0 Å². The molecule has 3 nitrogen and oxygen atoms in total. The van der Waals surface area contributed by atoms with Gasteiger partial charge >= 0.3 is 5.97 Å². The number of carbonyl (C=O) groups is 1. The Morgan fingerprint density at radius 2 is 2.11 bits per heavy atom. The standard InChI is InChI=1S/C15H19NO2/c1-3-18-15(17)14-11-16(9-12(14)2)10-13-7-5-4-6-8-13/h2,4-8,12,14H,3,9-11H2,1H3. The van der Waals surface area contributed by atoms with Gasteiger partial charge in [-0.1, -0.05) is 30.3 Å². The van der Waals surface area contributed by atoms with Crippen LogP contribution in [0.2, 0.25) is 0 Å². The molecule has 2 unspecified atom stereocenters. The quantitative estimate of drug-likeness (QED) is 0.760. The molecular formula is C15H19NO2. The molecule has 0 aromatic heterocycles. The molecular weight excluding hydrogens is 226 g/mol. The van der Waals surface area contributed by atoms with Crippen LogP contribution in [0, 0.1) is 18.8 Å². The zero-order chi connectivity index (χ0) is 13.0. The second kappa shape index (κ2) is 6.01. The Labute approximate surface area is 109 Å². The second-order valence-electron chi connectivity index (χ2n) is 4.70. The van der Waals surface area contributed by atoms with Gasteiger partial charge in [-0.2, -0.15) is 0 Å². The molecule has 2 atom stereocenters. The zero-order valence-electron chi connectivity index (χ0n) is 10.7. The molecule has 1 aromatic carbocycles. The highest BCUT2D eigenvalue weighted by atomic mass is 16.5. The highest BCUT2D eigenvalue weighted by Crippen LogP contribution is 2.25. The molecule has 1 aliphatic heterocycles. The van der Waals surface area contributed by atoms with Gasteiger partial charge in [-0.25, -0.2) is 0 Å². The monoisotopic (exact) mass is 245 g/mol. The highest BCUT2D eigenvalue weighted by molar-refractivity contribution is 5.73. The summed E-state index contributed by atoms with van der Waals surface area (Å²) in [4.78, 5) is 13.9. The van der Waals surface area contributed by atoms with E-state index in [4.69, 9.17) is 11.7 Å². The van der Waals surface area contributed by atoms with Crippen molar-refractivity contribution >= 4 is 5.97 Å². The van der Waals surface area contributed by atoms with E-state index < -0.39 is 0 Å². The van der Waals surface area contributed by atoms with Gasteiger partial charge in [-0.15, -0.1) is 0 Å². The lowest BCUT2D eigenvalue weighted by atomic mass is 9.99. The Morgan fingerprint density at radius 1 is 1.39 bits per heavy atom. The van der Waals surface area contributed by atoms with E-state index in [1.807, 2.05) is 25.1 Å². The first kappa shape index (κ1) is 13.1. The summed E-state index contributed by atoms with van der Waals surface area (Å²) in [5.74, 6) is -0.470. The normalized spacial score (nSPS) is 24.1. The van der Waals surface area contributed by atoms with Crippen molar-refractivity contribution in [1.29, 1.82) is 0 Å². The first-order valence-corrected chi connectivity index (χ1v) is 6.39. The van der Waals surface area contributed by atoms with Crippen molar-refractivity contribution in [2.24, 2.45) is 11.8 Å². The maximum atomic E-state index is 11.7. The lowest BCUT2D eigenvalue weighted by molar-refractivity contribution is -0.148. The topological polar surface area (TPSA) is 29.5 Å². The molecule has 1 aromatic rings. The Hall–Kier alpha value is -1.35. The predicted octanol–water partition coefficient (Wildman–Crippen LogP) is 2.01. The first-order chi connectivity index (χ1) is 8.70. The van der Waals surface area contributed by atoms with Gasteiger partial charge < -0.3 is 4.74 Å². The van der Waals surface area contributed by atoms with E-state index in [2.05, 4.69) is 17.0 Å². The molecule has 18 heavy (non-hydrogen) atoms. The minimum atomic E-state index is -0.186. The molecule has 0 aliphatic carbocycles. The second-order valence-corrected chi connectivity index (χ2v) is 4.70. The number of ether oxygens (including phenoxy) is 1. The van der Waals surface area contributed by atoms with E-state index in [-0.39, 0.29) is 17.8 Å². The molecule has 1 fully saturated rings. The zero-order valence-corrected chi connectivity index (χ0v) is 10.7. The summed E-state index contributed by atoms with van der Waals surface area (Å²) >= 11 is 0. The molecule has 2 rings (SSSR count). The van der Waals surface area contributed by atoms with E-state index in [1.165, 1.54) is 5.56 Å². The summed E-state index contributed by atoms with van der Waals surface area (Å²) < 4.78 is 5.05. The van der Waals surface area contributed by atoms with E-state index in [1.54, 1.807) is 0 Å². The molecule has 1 heterocycles. The van der Waals surface area contributed by atoms with Gasteiger partial charge in [0.1, 0.15) is 0 Å². The van der Waals surface area contributed by atoms with Gasteiger partial charge in [0.25, 0.3) is 0 Å². The van der Waals surface area contributed by atoms with Gasteiger partial charge in [-0.05, 0) is 25.3 Å². The molecule has 96 valence electrons. The van der Waals surface area contributed by atoms with Crippen molar-refractivity contribution in [3.63, 3.8) is 0 Å². The molecule has 3 heteroatoms. The van der Waals surface area contributed by atoms with Crippen molar-refractivity contribution in [3.8, 4) is 0 Å². The average molecular weight is 245 g/mol. The number of esters is 1. The summed E-state index contributed by atoms with van der Waals surface area (Å²) in [6.45, 7) is 10.5. The van der Waals surface area contributed by atoms with Crippen LogP contribution in [0.1, 0.15) is 12.5 Å². The number of hydrogen-bond acceptors (Lipinski definition) is 3. The largest absolute Gasteiger partial charge is 0.466 e. The van der Waals surface area contributed by atoms with Crippen LogP contribution >= 0.6 is 0 Å². The van der Waals surface area contributed by atoms with Crippen LogP contribution in [-0.4, -0.2) is 30.6 Å². The molecule has 0 spiro atoms. The summed E-state index contributed by atoms with van der Waals surface area (Å²) in [6.07, 6.45) is 0. The van der Waals surface area contributed by atoms with Crippen molar-refractivity contribution in [3.05, 3.63) is 42.8 Å². The third-order valence-corrected chi connectivity index (χ3v) is 3.28. The lowest BCUT2D eigenvalue weighted by Gasteiger charge is -2.15. The highest BCUT2D eigenvalue weighted by Gasteiger charge is 2.35. The van der Waals surface area contributed by atoms with Crippen LogP contribution in [0.25, 0.3) is 0 Å². The Bertz CT molecular complexity index is 391. The fourth-order valence-corrected chi connectivity index (χ4v) is 2.38. The Morgan fingerprint density at radius 3 is 2.78 bits per heavy atom. The minimum absolute atomic E-state index is 0.118. The third kappa shape index (κ3) is 3.10. The molecule has 1 saturated heterocycles. The molecule has 0 saturated carbocycles. The first-order valence-electron chi connectivity index (χ1n) is 6.39. The fourth-order valence-electron chi connectivity index (χ4n) is 2.38. The van der Waals surface area contributed by atoms with E-state index in [0.29, 0.717) is 13.2 Å². The van der Waals surface area contributed by atoms with Gasteiger partial charge in [0.05, 0.1) is 12.5 Å². The number of hydrogen-bond donors (Lipinski definition) is 0. The summed E-state index contributed by atoms with van der Waals surface area (Å²) in [5.41, 5.74) is 1.24. The van der Waals surface area contributed by atoms with Crippen LogP contribution < -0.4 is 0 Å². The van der Waals surface area contributed by atoms with Crippen molar-refractivity contribution in [2.45, 2.75) is 13.5 Å². The number of likely N-dealkylation sites (tertiary alicyclic amines) is 1. The lowest BCUT2D eigenvalue weighted by Crippen LogP contribution is -2.25. The SMILES string of the molecule is [CH]C1CN(Cc2ccccc2)CC1C(=O)OCC. The van der Waals surface area contributed by atoms with Gasteiger partial charge in [0, 0.05) is 19.6 Å². The molecule has 0 amide bonds. The van der Waals surface area contributed by atoms with Crippen molar-refractivity contribution < 1.29 is 9.53 Å². The number of carbonyl (C=O) groups excluding carboxylic acids is 1. The molecule has 1 aliphatic rings. The van der Waals surface area contributed by atoms with E-state index >= 15 is 0 Å². The van der Waals surface area contributed by atoms with Gasteiger partial charge in [0.15, 0.2) is 0 Å². The number of nitrogens with zero attached hydrogens (tertiary/aromatic N) is 1. The smallest absolute Gasteiger partial charge is 0.310 e. The summed E-state index contributed by atoms with van der Waals surface area (Å²) in [6, 6.07) is 10.2.